The van der Waals surface area contributed by atoms with Crippen LogP contribution in [0.5, 0.6) is 0 Å². The molecule has 0 aliphatic carbocycles. The Morgan fingerprint density at radius 2 is 1.70 bits per heavy atom. The van der Waals surface area contributed by atoms with Crippen molar-refractivity contribution in [3.05, 3.63) is 35.9 Å². The highest BCUT2D eigenvalue weighted by Crippen LogP contribution is 2.12. The van der Waals surface area contributed by atoms with E-state index >= 15 is 0 Å². The van der Waals surface area contributed by atoms with Gasteiger partial charge in [0, 0.05) is 46.3 Å². The third kappa shape index (κ3) is 7.46. The van der Waals surface area contributed by atoms with Crippen LogP contribution in [0, 0.1) is 0 Å². The first kappa shape index (κ1) is 21.0. The van der Waals surface area contributed by atoms with Gasteiger partial charge in [-0.1, -0.05) is 30.3 Å². The minimum atomic E-state index is -0.475. The van der Waals surface area contributed by atoms with E-state index in [2.05, 4.69) is 4.90 Å². The van der Waals surface area contributed by atoms with Crippen LogP contribution in [0.15, 0.2) is 30.3 Å². The molecule has 1 saturated heterocycles. The Bertz CT molecular complexity index is 607. The Labute approximate surface area is 161 Å². The van der Waals surface area contributed by atoms with E-state index in [1.54, 1.807) is 16.8 Å². The zero-order chi connectivity index (χ0) is 19.9. The van der Waals surface area contributed by atoms with E-state index in [9.17, 15) is 9.59 Å². The quantitative estimate of drug-likeness (QED) is 0.790. The molecule has 1 aliphatic rings. The number of likely N-dealkylation sites (N-methyl/N-ethyl adjacent to an activating group) is 1. The fourth-order valence-electron chi connectivity index (χ4n) is 2.69. The summed E-state index contributed by atoms with van der Waals surface area (Å²) in [5, 5.41) is 0. The van der Waals surface area contributed by atoms with Gasteiger partial charge in [-0.15, -0.1) is 0 Å². The number of piperazine rings is 1. The SMILES string of the molecule is CN(CCN1CCN(C(=O)OC(C)(C)C)CC1)C(=O)OCc1ccccc1. The van der Waals surface area contributed by atoms with Gasteiger partial charge >= 0.3 is 12.2 Å². The van der Waals surface area contributed by atoms with Gasteiger partial charge in [0.25, 0.3) is 0 Å². The number of carbonyl (C=O) groups excluding carboxylic acids is 2. The molecule has 0 bridgehead atoms. The summed E-state index contributed by atoms with van der Waals surface area (Å²) in [4.78, 5) is 29.7. The lowest BCUT2D eigenvalue weighted by Crippen LogP contribution is -2.51. The van der Waals surface area contributed by atoms with Gasteiger partial charge < -0.3 is 19.3 Å². The second-order valence-electron chi connectivity index (χ2n) is 7.77. The highest BCUT2D eigenvalue weighted by molar-refractivity contribution is 5.68. The van der Waals surface area contributed by atoms with E-state index in [4.69, 9.17) is 9.47 Å². The highest BCUT2D eigenvalue weighted by Gasteiger charge is 2.26. The standard InChI is InChI=1S/C20H31N3O4/c1-20(2,3)27-19(25)23-14-12-22(13-15-23)11-10-21(4)18(24)26-16-17-8-6-5-7-9-17/h5-9H,10-16H2,1-4H3. The number of carbonyl (C=O) groups is 2. The molecule has 1 fully saturated rings. The molecule has 0 atom stereocenters. The highest BCUT2D eigenvalue weighted by atomic mass is 16.6. The van der Waals surface area contributed by atoms with Crippen molar-refractivity contribution >= 4 is 12.2 Å². The van der Waals surface area contributed by atoms with Crippen LogP contribution < -0.4 is 0 Å². The van der Waals surface area contributed by atoms with Gasteiger partial charge in [-0.3, -0.25) is 4.90 Å². The van der Waals surface area contributed by atoms with Gasteiger partial charge in [-0.05, 0) is 26.3 Å². The van der Waals surface area contributed by atoms with Gasteiger partial charge in [-0.2, -0.15) is 0 Å². The fourth-order valence-corrected chi connectivity index (χ4v) is 2.69. The van der Waals surface area contributed by atoms with Crippen LogP contribution in [-0.4, -0.2) is 78.8 Å². The summed E-state index contributed by atoms with van der Waals surface area (Å²) in [5.74, 6) is 0. The third-order valence-corrected chi connectivity index (χ3v) is 4.29. The van der Waals surface area contributed by atoms with E-state index in [1.807, 2.05) is 51.1 Å². The fraction of sp³-hybridized carbons (Fsp3) is 0.600. The van der Waals surface area contributed by atoms with Crippen molar-refractivity contribution in [2.45, 2.75) is 33.0 Å². The lowest BCUT2D eigenvalue weighted by atomic mass is 10.2. The molecule has 2 rings (SSSR count). The molecule has 1 heterocycles. The first-order valence-corrected chi connectivity index (χ1v) is 9.37. The van der Waals surface area contributed by atoms with Crippen molar-refractivity contribution in [1.82, 2.24) is 14.7 Å². The monoisotopic (exact) mass is 377 g/mol. The summed E-state index contributed by atoms with van der Waals surface area (Å²) in [6.45, 7) is 10.0. The summed E-state index contributed by atoms with van der Waals surface area (Å²) in [5.41, 5.74) is 0.495. The van der Waals surface area contributed by atoms with E-state index in [0.717, 1.165) is 25.2 Å². The van der Waals surface area contributed by atoms with Crippen LogP contribution in [0.3, 0.4) is 0 Å². The molecular weight excluding hydrogens is 346 g/mol. The number of amides is 2. The lowest BCUT2D eigenvalue weighted by molar-refractivity contribution is 0.0140. The molecule has 0 unspecified atom stereocenters. The van der Waals surface area contributed by atoms with Crippen LogP contribution in [0.1, 0.15) is 26.3 Å². The van der Waals surface area contributed by atoms with Crippen LogP contribution in [0.2, 0.25) is 0 Å². The maximum atomic E-state index is 12.1. The molecule has 1 aromatic carbocycles. The zero-order valence-corrected chi connectivity index (χ0v) is 16.8. The molecule has 1 aliphatic heterocycles. The van der Waals surface area contributed by atoms with Crippen LogP contribution in [-0.2, 0) is 16.1 Å². The average Bonchev–Trinajstić information content (AvgIpc) is 2.64. The topological polar surface area (TPSA) is 62.3 Å². The Morgan fingerprint density at radius 3 is 2.30 bits per heavy atom. The number of nitrogens with zero attached hydrogens (tertiary/aromatic N) is 3. The lowest BCUT2D eigenvalue weighted by Gasteiger charge is -2.36. The Kier molecular flexibility index (Phi) is 7.47. The van der Waals surface area contributed by atoms with E-state index in [-0.39, 0.29) is 18.8 Å². The summed E-state index contributed by atoms with van der Waals surface area (Å²) in [7, 11) is 1.74. The molecular formula is C20H31N3O4. The minimum Gasteiger partial charge on any atom is -0.445 e. The van der Waals surface area contributed by atoms with Gasteiger partial charge in [0.05, 0.1) is 0 Å². The minimum absolute atomic E-state index is 0.260. The normalized spacial score (nSPS) is 15.3. The van der Waals surface area contributed by atoms with Crippen molar-refractivity contribution in [1.29, 1.82) is 0 Å². The van der Waals surface area contributed by atoms with Gasteiger partial charge in [-0.25, -0.2) is 9.59 Å². The number of rotatable bonds is 5. The van der Waals surface area contributed by atoms with Crippen molar-refractivity contribution in [2.75, 3.05) is 46.3 Å². The summed E-state index contributed by atoms with van der Waals surface area (Å²) in [6, 6.07) is 9.63. The van der Waals surface area contributed by atoms with E-state index in [1.165, 1.54) is 0 Å². The van der Waals surface area contributed by atoms with Crippen LogP contribution >= 0.6 is 0 Å². The molecule has 150 valence electrons. The largest absolute Gasteiger partial charge is 0.445 e. The zero-order valence-electron chi connectivity index (χ0n) is 16.8. The molecule has 0 saturated carbocycles. The molecule has 0 N–H and O–H groups in total. The Balaban J connectivity index is 1.65. The molecule has 7 heteroatoms. The molecule has 0 aromatic heterocycles. The first-order valence-electron chi connectivity index (χ1n) is 9.37. The van der Waals surface area contributed by atoms with Crippen molar-refractivity contribution in [3.8, 4) is 0 Å². The molecule has 7 nitrogen and oxygen atoms in total. The summed E-state index contributed by atoms with van der Waals surface area (Å²) >= 11 is 0. The van der Waals surface area contributed by atoms with Crippen LogP contribution in [0.25, 0.3) is 0 Å². The van der Waals surface area contributed by atoms with Crippen molar-refractivity contribution in [2.24, 2.45) is 0 Å². The summed E-state index contributed by atoms with van der Waals surface area (Å²) in [6.07, 6.45) is -0.588. The molecule has 1 aromatic rings. The number of hydrogen-bond donors (Lipinski definition) is 0. The van der Waals surface area contributed by atoms with E-state index < -0.39 is 5.60 Å². The second-order valence-corrected chi connectivity index (χ2v) is 7.77. The van der Waals surface area contributed by atoms with Gasteiger partial charge in [0.2, 0.25) is 0 Å². The molecule has 2 amide bonds. The maximum Gasteiger partial charge on any atom is 0.410 e. The van der Waals surface area contributed by atoms with Crippen LogP contribution in [0.4, 0.5) is 9.59 Å². The van der Waals surface area contributed by atoms with E-state index in [0.29, 0.717) is 19.6 Å². The molecule has 0 spiro atoms. The smallest absolute Gasteiger partial charge is 0.410 e. The predicted molar refractivity (Wildman–Crippen MR) is 104 cm³/mol. The van der Waals surface area contributed by atoms with Crippen molar-refractivity contribution in [3.63, 3.8) is 0 Å². The predicted octanol–water partition coefficient (Wildman–Crippen LogP) is 2.81. The summed E-state index contributed by atoms with van der Waals surface area (Å²) < 4.78 is 10.7. The van der Waals surface area contributed by atoms with Gasteiger partial charge in [0.15, 0.2) is 0 Å². The second kappa shape index (κ2) is 9.60. The van der Waals surface area contributed by atoms with Gasteiger partial charge in [0.1, 0.15) is 12.2 Å². The third-order valence-electron chi connectivity index (χ3n) is 4.29. The number of hydrogen-bond acceptors (Lipinski definition) is 5. The molecule has 27 heavy (non-hydrogen) atoms. The maximum absolute atomic E-state index is 12.1. The van der Waals surface area contributed by atoms with Crippen molar-refractivity contribution < 1.29 is 19.1 Å². The Morgan fingerprint density at radius 1 is 1.07 bits per heavy atom. The molecule has 0 radical (unpaired) electrons. The number of ether oxygens (including phenoxy) is 2. The Hall–Kier alpha value is -2.28. The number of benzene rings is 1. The average molecular weight is 377 g/mol. The first-order chi connectivity index (χ1) is 12.7.